The Balaban J connectivity index is 1.59. The molecule has 0 aliphatic rings. The average molecular weight is 321 g/mol. The van der Waals surface area contributed by atoms with Gasteiger partial charge in [0.2, 0.25) is 0 Å². The minimum Gasteiger partial charge on any atom is -0.497 e. The van der Waals surface area contributed by atoms with Crippen LogP contribution in [0.5, 0.6) is 5.75 Å². The Kier molecular flexibility index (Phi) is 4.75. The van der Waals surface area contributed by atoms with Gasteiger partial charge in [-0.05, 0) is 24.6 Å². The molecular weight excluding hydrogens is 302 g/mol. The number of ether oxygens (including phenoxy) is 1. The molecular formula is C20H19NO3. The number of methoxy groups -OCH3 is 1. The van der Waals surface area contributed by atoms with Crippen molar-refractivity contribution in [2.45, 2.75) is 19.3 Å². The summed E-state index contributed by atoms with van der Waals surface area (Å²) in [6.45, 7) is 0. The number of aromatic nitrogens is 1. The molecule has 1 N–H and O–H groups in total. The molecule has 4 heteroatoms. The van der Waals surface area contributed by atoms with E-state index in [-0.39, 0.29) is 11.6 Å². The zero-order chi connectivity index (χ0) is 16.9. The fraction of sp³-hybridized carbons (Fsp3) is 0.200. The van der Waals surface area contributed by atoms with E-state index < -0.39 is 0 Å². The topological polar surface area (TPSA) is 59.2 Å². The van der Waals surface area contributed by atoms with Crippen molar-refractivity contribution in [1.82, 2.24) is 4.98 Å². The Morgan fingerprint density at radius 1 is 1.00 bits per heavy atom. The van der Waals surface area contributed by atoms with Gasteiger partial charge < -0.3 is 9.72 Å². The molecule has 0 amide bonds. The molecule has 1 aromatic heterocycles. The molecule has 0 unspecified atom stereocenters. The van der Waals surface area contributed by atoms with E-state index >= 15 is 0 Å². The van der Waals surface area contributed by atoms with E-state index in [0.29, 0.717) is 36.1 Å². The second kappa shape index (κ2) is 7.13. The zero-order valence-electron chi connectivity index (χ0n) is 13.5. The first-order valence-corrected chi connectivity index (χ1v) is 7.95. The summed E-state index contributed by atoms with van der Waals surface area (Å²) in [5.41, 5.74) is 2.27. The van der Waals surface area contributed by atoms with Crippen LogP contribution in [0.2, 0.25) is 0 Å². The summed E-state index contributed by atoms with van der Waals surface area (Å²) in [5, 5.41) is 0.932. The van der Waals surface area contributed by atoms with Crippen molar-refractivity contribution in [3.63, 3.8) is 0 Å². The molecule has 122 valence electrons. The van der Waals surface area contributed by atoms with Crippen molar-refractivity contribution >= 4 is 22.5 Å². The number of hydrogen-bond acceptors (Lipinski definition) is 3. The number of hydrogen-bond donors (Lipinski definition) is 1. The van der Waals surface area contributed by atoms with Crippen LogP contribution >= 0.6 is 0 Å². The highest BCUT2D eigenvalue weighted by atomic mass is 16.5. The van der Waals surface area contributed by atoms with E-state index in [2.05, 4.69) is 4.98 Å². The maximum atomic E-state index is 12.4. The number of nitrogens with one attached hydrogen (secondary N) is 1. The summed E-state index contributed by atoms with van der Waals surface area (Å²) in [4.78, 5) is 27.7. The smallest absolute Gasteiger partial charge is 0.165 e. The summed E-state index contributed by atoms with van der Waals surface area (Å²) in [6, 6.07) is 14.8. The van der Waals surface area contributed by atoms with Crippen LogP contribution in [-0.4, -0.2) is 23.7 Å². The molecule has 1 heterocycles. The molecule has 24 heavy (non-hydrogen) atoms. The van der Waals surface area contributed by atoms with Gasteiger partial charge in [-0.15, -0.1) is 0 Å². The summed E-state index contributed by atoms with van der Waals surface area (Å²) < 4.78 is 5.13. The predicted octanol–water partition coefficient (Wildman–Crippen LogP) is 4.41. The Labute approximate surface area is 140 Å². The van der Waals surface area contributed by atoms with E-state index in [9.17, 15) is 9.59 Å². The molecule has 2 aromatic carbocycles. The van der Waals surface area contributed by atoms with Gasteiger partial charge in [0.15, 0.2) is 11.6 Å². The fourth-order valence-corrected chi connectivity index (χ4v) is 2.79. The largest absolute Gasteiger partial charge is 0.497 e. The van der Waals surface area contributed by atoms with Gasteiger partial charge in [-0.1, -0.05) is 30.3 Å². The number of para-hydroxylation sites is 1. The Morgan fingerprint density at radius 2 is 1.79 bits per heavy atom. The number of carbonyl (C=O) groups excluding carboxylic acids is 2. The van der Waals surface area contributed by atoms with Crippen LogP contribution in [0.25, 0.3) is 10.9 Å². The number of ketones is 2. The van der Waals surface area contributed by atoms with Crippen LogP contribution in [0, 0.1) is 0 Å². The lowest BCUT2D eigenvalue weighted by Crippen LogP contribution is -2.03. The summed E-state index contributed by atoms with van der Waals surface area (Å²) in [5.74, 6) is 0.752. The first-order chi connectivity index (χ1) is 11.7. The van der Waals surface area contributed by atoms with Crippen LogP contribution in [0.1, 0.15) is 40.0 Å². The molecule has 4 nitrogen and oxygen atoms in total. The Morgan fingerprint density at radius 3 is 2.62 bits per heavy atom. The number of fused-ring (bicyclic) bond motifs is 1. The molecule has 0 fully saturated rings. The lowest BCUT2D eigenvalue weighted by molar-refractivity contribution is 0.0958. The molecule has 0 saturated carbocycles. The van der Waals surface area contributed by atoms with Crippen LogP contribution in [0.3, 0.4) is 0 Å². The van der Waals surface area contributed by atoms with Crippen molar-refractivity contribution in [1.29, 1.82) is 0 Å². The number of H-pyrrole nitrogens is 1. The SMILES string of the molecule is COc1cccc(C(=O)CCCC(=O)c2c[nH]c3ccccc23)c1. The van der Waals surface area contributed by atoms with E-state index in [0.717, 1.165) is 10.9 Å². The van der Waals surface area contributed by atoms with Crippen molar-refractivity contribution in [2.24, 2.45) is 0 Å². The van der Waals surface area contributed by atoms with Gasteiger partial charge >= 0.3 is 0 Å². The fourth-order valence-electron chi connectivity index (χ4n) is 2.79. The maximum absolute atomic E-state index is 12.4. The summed E-state index contributed by atoms with van der Waals surface area (Å²) >= 11 is 0. The minimum atomic E-state index is 0.0284. The van der Waals surface area contributed by atoms with E-state index in [4.69, 9.17) is 4.74 Å². The monoisotopic (exact) mass is 321 g/mol. The predicted molar refractivity (Wildman–Crippen MR) is 93.8 cm³/mol. The number of carbonyl (C=O) groups is 2. The third-order valence-corrected chi connectivity index (χ3v) is 4.09. The molecule has 0 saturated heterocycles. The number of rotatable bonds is 7. The maximum Gasteiger partial charge on any atom is 0.165 e. The van der Waals surface area contributed by atoms with Crippen molar-refractivity contribution in [3.05, 3.63) is 65.9 Å². The lowest BCUT2D eigenvalue weighted by Gasteiger charge is -2.04. The molecule has 0 aliphatic carbocycles. The second-order valence-corrected chi connectivity index (χ2v) is 5.68. The molecule has 0 spiro atoms. The van der Waals surface area contributed by atoms with Gasteiger partial charge in [-0.2, -0.15) is 0 Å². The summed E-state index contributed by atoms with van der Waals surface area (Å²) in [7, 11) is 1.57. The minimum absolute atomic E-state index is 0.0284. The van der Waals surface area contributed by atoms with Crippen molar-refractivity contribution in [3.8, 4) is 5.75 Å². The molecule has 0 bridgehead atoms. The second-order valence-electron chi connectivity index (χ2n) is 5.68. The van der Waals surface area contributed by atoms with Crippen LogP contribution in [0.15, 0.2) is 54.7 Å². The third kappa shape index (κ3) is 3.38. The van der Waals surface area contributed by atoms with Crippen molar-refractivity contribution < 1.29 is 14.3 Å². The van der Waals surface area contributed by atoms with Gasteiger partial charge in [-0.3, -0.25) is 9.59 Å². The molecule has 0 aliphatic heterocycles. The first kappa shape index (κ1) is 16.0. The highest BCUT2D eigenvalue weighted by Gasteiger charge is 2.13. The van der Waals surface area contributed by atoms with Crippen LogP contribution in [0.4, 0.5) is 0 Å². The average Bonchev–Trinajstić information content (AvgIpc) is 3.05. The van der Waals surface area contributed by atoms with Crippen LogP contribution < -0.4 is 4.74 Å². The highest BCUT2D eigenvalue weighted by molar-refractivity contribution is 6.08. The zero-order valence-corrected chi connectivity index (χ0v) is 13.5. The van der Waals surface area contributed by atoms with Gasteiger partial charge in [0.05, 0.1) is 7.11 Å². The first-order valence-electron chi connectivity index (χ1n) is 7.95. The number of aromatic amines is 1. The van der Waals surface area contributed by atoms with Crippen LogP contribution in [-0.2, 0) is 0 Å². The normalized spacial score (nSPS) is 10.7. The highest BCUT2D eigenvalue weighted by Crippen LogP contribution is 2.20. The lowest BCUT2D eigenvalue weighted by atomic mass is 10.0. The van der Waals surface area contributed by atoms with Gasteiger partial charge in [0.1, 0.15) is 5.75 Å². The third-order valence-electron chi connectivity index (χ3n) is 4.09. The Bertz CT molecular complexity index is 879. The van der Waals surface area contributed by atoms with E-state index in [1.54, 1.807) is 37.6 Å². The molecule has 0 radical (unpaired) electrons. The van der Waals surface area contributed by atoms with E-state index in [1.165, 1.54) is 0 Å². The number of benzene rings is 2. The van der Waals surface area contributed by atoms with E-state index in [1.807, 2.05) is 24.3 Å². The molecule has 3 rings (SSSR count). The van der Waals surface area contributed by atoms with Gasteiger partial charge in [0.25, 0.3) is 0 Å². The Hall–Kier alpha value is -2.88. The molecule has 3 aromatic rings. The number of Topliss-reactive ketones (excluding diaryl/α,β-unsaturated/α-hetero) is 2. The summed E-state index contributed by atoms with van der Waals surface area (Å²) in [6.07, 6.45) is 2.99. The standard InChI is InChI=1S/C20H19NO3/c1-24-15-7-4-6-14(12-15)19(22)10-5-11-20(23)17-13-21-18-9-3-2-8-16(17)18/h2-4,6-9,12-13,21H,5,10-11H2,1H3. The van der Waals surface area contributed by atoms with Gasteiger partial charge in [0, 0.05) is 41.1 Å². The van der Waals surface area contributed by atoms with Crippen molar-refractivity contribution in [2.75, 3.05) is 7.11 Å². The molecule has 0 atom stereocenters. The quantitative estimate of drug-likeness (QED) is 0.656. The van der Waals surface area contributed by atoms with Gasteiger partial charge in [-0.25, -0.2) is 0 Å².